The molecule has 0 atom stereocenters. The third-order valence-electron chi connectivity index (χ3n) is 2.67. The van der Waals surface area contributed by atoms with Crippen LogP contribution in [0.1, 0.15) is 0 Å². The molecule has 0 saturated heterocycles. The second kappa shape index (κ2) is 1.38. The van der Waals surface area contributed by atoms with E-state index in [2.05, 4.69) is 12.2 Å². The van der Waals surface area contributed by atoms with Crippen molar-refractivity contribution in [1.29, 1.82) is 0 Å². The summed E-state index contributed by atoms with van der Waals surface area (Å²) in [5.41, 5.74) is 0. The van der Waals surface area contributed by atoms with E-state index < -0.39 is 9.34 Å². The molecule has 0 aliphatic heterocycles. The summed E-state index contributed by atoms with van der Waals surface area (Å²) in [4.78, 5) is 0. The molecule has 1 rings (SSSR count). The Bertz CT molecular complexity index is 320. The quantitative estimate of drug-likeness (QED) is 0.526. The summed E-state index contributed by atoms with van der Waals surface area (Å²) in [6.07, 6.45) is 8.22. The van der Waals surface area contributed by atoms with Gasteiger partial charge >= 0.3 is 82.6 Å². The van der Waals surface area contributed by atoms with E-state index in [9.17, 15) is 0 Å². The molecule has 0 unspecified atom stereocenters. The van der Waals surface area contributed by atoms with Crippen LogP contribution in [0.4, 0.5) is 0 Å². The van der Waals surface area contributed by atoms with Crippen LogP contribution in [0.3, 0.4) is 0 Å². The summed E-state index contributed by atoms with van der Waals surface area (Å²) in [5, 5.41) is 10.2. The van der Waals surface area contributed by atoms with Crippen molar-refractivity contribution in [3.63, 3.8) is 0 Å². The van der Waals surface area contributed by atoms with E-state index in [1.807, 2.05) is 38.3 Å². The molecule has 0 nitrogen and oxygen atoms in total. The Kier molecular flexibility index (Phi) is 1.26. The summed E-state index contributed by atoms with van der Waals surface area (Å²) in [6, 6.07) is 0. The van der Waals surface area contributed by atoms with E-state index in [1.54, 1.807) is 0 Å². The Balaban J connectivity index is 3.63. The minimum absolute atomic E-state index is 0.135. The number of halogens is 2. The third kappa shape index (κ3) is 3.13. The number of rotatable bonds is 1. The average molecular weight is 259 g/mol. The van der Waals surface area contributed by atoms with Crippen LogP contribution in [0, 0.1) is 0 Å². The van der Waals surface area contributed by atoms with Crippen molar-refractivity contribution in [2.24, 2.45) is 0 Å². The Hall–Kier alpha value is 0.774. The molecule has 0 N–H and O–H groups in total. The molecule has 0 fully saturated rings. The van der Waals surface area contributed by atoms with Gasteiger partial charge in [0.15, 0.2) is 0 Å². The fraction of sp³-hybridized carbons (Fsp3) is 0.600. The van der Waals surface area contributed by atoms with Crippen molar-refractivity contribution in [3.8, 4) is 0 Å². The number of allylic oxidation sites excluding steroid dienone is 4. The predicted molar refractivity (Wildman–Crippen MR) is 63.1 cm³/mol. The van der Waals surface area contributed by atoms with E-state index >= 15 is 0 Å². The van der Waals surface area contributed by atoms with Crippen LogP contribution in [0.15, 0.2) is 24.3 Å². The second-order valence-corrected chi connectivity index (χ2v) is 57.6. The summed E-state index contributed by atoms with van der Waals surface area (Å²) in [6.45, 7) is 0. The maximum atomic E-state index is 6.99. The zero-order valence-electron chi connectivity index (χ0n) is 9.14. The van der Waals surface area contributed by atoms with Crippen molar-refractivity contribution in [2.45, 2.75) is 30.4 Å². The molecular formula is C10H20Cl2Ti. The molecule has 1 aliphatic rings. The normalized spacial score (nSPS) is 30.4. The van der Waals surface area contributed by atoms with Crippen LogP contribution >= 0.6 is 18.6 Å². The molecule has 78 valence electrons. The molecule has 3 heteroatoms. The first-order valence-corrected chi connectivity index (χ1v) is 17.8. The van der Waals surface area contributed by atoms with Crippen molar-refractivity contribution in [1.82, 2.24) is 0 Å². The van der Waals surface area contributed by atoms with E-state index in [0.29, 0.717) is 0 Å². The summed E-state index contributed by atoms with van der Waals surface area (Å²) in [7, 11) is 9.23. The van der Waals surface area contributed by atoms with Gasteiger partial charge in [-0.3, -0.25) is 0 Å². The maximum absolute atomic E-state index is 6.99. The van der Waals surface area contributed by atoms with Crippen molar-refractivity contribution >= 4 is 18.6 Å². The van der Waals surface area contributed by atoms with Crippen molar-refractivity contribution < 1.29 is 9.34 Å². The zero-order valence-corrected chi connectivity index (χ0v) is 12.2. The van der Waals surface area contributed by atoms with E-state index in [0.717, 1.165) is 0 Å². The van der Waals surface area contributed by atoms with E-state index in [-0.39, 0.29) is 4.22 Å². The third-order valence-corrected chi connectivity index (χ3v) is 11.3. The van der Waals surface area contributed by atoms with Gasteiger partial charge in [-0.2, -0.15) is 0 Å². The van der Waals surface area contributed by atoms with Gasteiger partial charge in [0.1, 0.15) is 0 Å². The molecule has 0 spiro atoms. The van der Waals surface area contributed by atoms with Gasteiger partial charge < -0.3 is 0 Å². The Morgan fingerprint density at radius 2 is 1.15 bits per heavy atom. The molecular weight excluding hydrogens is 239 g/mol. The first kappa shape index (κ1) is 11.8. The first-order valence-electron chi connectivity index (χ1n) is 4.83. The Morgan fingerprint density at radius 1 is 0.846 bits per heavy atom. The number of hydrogen-bond donors (Lipinski definition) is 0. The van der Waals surface area contributed by atoms with Gasteiger partial charge in [-0.15, -0.1) is 0 Å². The fourth-order valence-electron chi connectivity index (χ4n) is 1.54. The summed E-state index contributed by atoms with van der Waals surface area (Å²) >= 11 is 0. The van der Waals surface area contributed by atoms with Gasteiger partial charge in [0.05, 0.1) is 0 Å². The number of hydrogen-bond acceptors (Lipinski definition) is 0. The Labute approximate surface area is 82.2 Å². The molecule has 0 radical (unpaired) electrons. The molecule has 13 heavy (non-hydrogen) atoms. The van der Waals surface area contributed by atoms with E-state index in [4.69, 9.17) is 18.6 Å². The molecule has 0 aromatic carbocycles. The van der Waals surface area contributed by atoms with Crippen LogP contribution in [-0.2, 0) is 9.34 Å². The van der Waals surface area contributed by atoms with Gasteiger partial charge in [0, 0.05) is 0 Å². The molecule has 0 bridgehead atoms. The van der Waals surface area contributed by atoms with Gasteiger partial charge in [-0.1, -0.05) is 0 Å². The molecule has 0 heterocycles. The van der Waals surface area contributed by atoms with Crippen molar-refractivity contribution in [2.75, 3.05) is 0 Å². The zero-order chi connectivity index (χ0) is 10.8. The van der Waals surface area contributed by atoms with Crippen LogP contribution in [0.5, 0.6) is 0 Å². The summed E-state index contributed by atoms with van der Waals surface area (Å²) < 4.78 is 0.135. The van der Waals surface area contributed by atoms with Crippen LogP contribution < -0.4 is 0 Å². The van der Waals surface area contributed by atoms with Crippen molar-refractivity contribution in [3.05, 3.63) is 24.3 Å². The fourth-order valence-corrected chi connectivity index (χ4v) is 6.55. The molecule has 0 saturated carbocycles. The van der Waals surface area contributed by atoms with Crippen LogP contribution in [0.2, 0.25) is 30.4 Å². The van der Waals surface area contributed by atoms with Gasteiger partial charge in [0.2, 0.25) is 0 Å². The second-order valence-electron chi connectivity index (χ2n) is 9.92. The molecule has 0 aromatic heterocycles. The summed E-state index contributed by atoms with van der Waals surface area (Å²) in [5.74, 6) is 0. The predicted octanol–water partition coefficient (Wildman–Crippen LogP) is 5.75. The molecule has 0 aromatic rings. The van der Waals surface area contributed by atoms with Crippen LogP contribution in [-0.4, -0.2) is 0 Å². The van der Waals surface area contributed by atoms with Gasteiger partial charge in [0.25, 0.3) is 0 Å². The average Bonchev–Trinajstić information content (AvgIpc) is 1.97. The van der Waals surface area contributed by atoms with Gasteiger partial charge in [-0.05, 0) is 0 Å². The van der Waals surface area contributed by atoms with Crippen LogP contribution in [0.25, 0.3) is 0 Å². The molecule has 1 aliphatic carbocycles. The first-order chi connectivity index (χ1) is 5.00. The van der Waals surface area contributed by atoms with Gasteiger partial charge in [-0.25, -0.2) is 0 Å². The SMILES string of the molecule is [CH3][Ti]([CH3])([CH3])([CH3])([CH3])([Cl])([Cl])[CH]1C=CC=C1. The topological polar surface area (TPSA) is 0 Å². The monoisotopic (exact) mass is 258 g/mol. The molecule has 0 amide bonds. The Morgan fingerprint density at radius 3 is 1.31 bits per heavy atom. The van der Waals surface area contributed by atoms with E-state index in [1.165, 1.54) is 0 Å². The standard InChI is InChI=1S/C5H5.5CH3.2ClH.Ti/c1-2-4-5-3-1;;;;;;;;/h1-5H;5*1H3;2*1H;/q;;;;;;;;+2/p-2. The minimum atomic E-state index is -4.75.